The Hall–Kier alpha value is -1.71. The molecule has 19 heavy (non-hydrogen) atoms. The molecule has 0 spiro atoms. The topological polar surface area (TPSA) is 72.6 Å². The van der Waals surface area contributed by atoms with Gasteiger partial charge in [-0.05, 0) is 30.5 Å². The van der Waals surface area contributed by atoms with Crippen LogP contribution in [-0.2, 0) is 16.4 Å². The Kier molecular flexibility index (Phi) is 3.69. The summed E-state index contributed by atoms with van der Waals surface area (Å²) in [6, 6.07) is 3.18. The number of fused-ring (bicyclic) bond motifs is 1. The highest BCUT2D eigenvalue weighted by Gasteiger charge is 2.28. The number of ether oxygens (including phenoxy) is 1. The normalized spacial score (nSPS) is 14.6. The van der Waals surface area contributed by atoms with E-state index in [9.17, 15) is 8.42 Å². The quantitative estimate of drug-likeness (QED) is 0.658. The van der Waals surface area contributed by atoms with Gasteiger partial charge in [-0.1, -0.05) is 5.92 Å². The van der Waals surface area contributed by atoms with Crippen LogP contribution < -0.4 is 10.5 Å². The zero-order valence-electron chi connectivity index (χ0n) is 10.7. The highest BCUT2D eigenvalue weighted by Crippen LogP contribution is 2.35. The molecule has 0 radical (unpaired) electrons. The monoisotopic (exact) mass is 280 g/mol. The first-order chi connectivity index (χ1) is 8.96. The van der Waals surface area contributed by atoms with Crippen molar-refractivity contribution in [1.29, 1.82) is 0 Å². The molecule has 0 saturated heterocycles. The summed E-state index contributed by atoms with van der Waals surface area (Å²) in [5.74, 6) is 2.72. The van der Waals surface area contributed by atoms with Crippen LogP contribution in [0.15, 0.2) is 17.0 Å². The van der Waals surface area contributed by atoms with Crippen LogP contribution in [0.1, 0.15) is 12.0 Å². The van der Waals surface area contributed by atoms with E-state index in [0.29, 0.717) is 18.0 Å². The van der Waals surface area contributed by atoms with Gasteiger partial charge >= 0.3 is 0 Å². The van der Waals surface area contributed by atoms with Crippen molar-refractivity contribution in [2.75, 3.05) is 25.9 Å². The van der Waals surface area contributed by atoms with Gasteiger partial charge in [0, 0.05) is 12.7 Å². The second-order valence-electron chi connectivity index (χ2n) is 4.42. The van der Waals surface area contributed by atoms with Gasteiger partial charge < -0.3 is 10.5 Å². The van der Waals surface area contributed by atoms with Crippen LogP contribution in [0.3, 0.4) is 0 Å². The van der Waals surface area contributed by atoms with Crippen LogP contribution in [-0.4, -0.2) is 32.9 Å². The lowest BCUT2D eigenvalue weighted by molar-refractivity contribution is 0.279. The van der Waals surface area contributed by atoms with Crippen LogP contribution in [0.25, 0.3) is 0 Å². The first-order valence-corrected chi connectivity index (χ1v) is 7.36. The third kappa shape index (κ3) is 2.53. The highest BCUT2D eigenvalue weighted by molar-refractivity contribution is 7.89. The Bertz CT molecular complexity index is 632. The first-order valence-electron chi connectivity index (χ1n) is 5.92. The van der Waals surface area contributed by atoms with Gasteiger partial charge in [0.25, 0.3) is 0 Å². The van der Waals surface area contributed by atoms with Crippen molar-refractivity contribution in [2.45, 2.75) is 17.7 Å². The van der Waals surface area contributed by atoms with E-state index in [0.717, 1.165) is 22.7 Å². The maximum Gasteiger partial charge on any atom is 0.247 e. The van der Waals surface area contributed by atoms with Gasteiger partial charge in [-0.3, -0.25) is 0 Å². The molecule has 0 saturated carbocycles. The number of aryl methyl sites for hydroxylation is 1. The van der Waals surface area contributed by atoms with Gasteiger partial charge in [0.1, 0.15) is 10.6 Å². The van der Waals surface area contributed by atoms with E-state index in [1.807, 2.05) is 0 Å². The van der Waals surface area contributed by atoms with Crippen LogP contribution in [0.5, 0.6) is 5.75 Å². The summed E-state index contributed by atoms with van der Waals surface area (Å²) in [5.41, 5.74) is 7.02. The van der Waals surface area contributed by atoms with Crippen LogP contribution in [0.4, 0.5) is 5.69 Å². The smallest absolute Gasteiger partial charge is 0.247 e. The van der Waals surface area contributed by atoms with Crippen LogP contribution in [0.2, 0.25) is 0 Å². The lowest BCUT2D eigenvalue weighted by atomic mass is 10.1. The lowest BCUT2D eigenvalue weighted by Gasteiger charge is -2.23. The molecule has 1 aromatic carbocycles. The molecule has 0 fully saturated rings. The first kappa shape index (κ1) is 13.7. The molecule has 0 unspecified atom stereocenters. The molecule has 0 amide bonds. The number of nitrogen functional groups attached to an aromatic ring is 1. The fourth-order valence-electron chi connectivity index (χ4n) is 2.04. The summed E-state index contributed by atoms with van der Waals surface area (Å²) < 4.78 is 31.5. The maximum atomic E-state index is 12.4. The van der Waals surface area contributed by atoms with Gasteiger partial charge in [-0.15, -0.1) is 6.42 Å². The number of sulfonamides is 1. The summed E-state index contributed by atoms with van der Waals surface area (Å²) in [5, 5.41) is 0. The minimum absolute atomic E-state index is 0.00586. The number of nitrogens with zero attached hydrogens (tertiary/aromatic N) is 1. The Balaban J connectivity index is 2.56. The molecule has 0 atom stereocenters. The van der Waals surface area contributed by atoms with Crippen molar-refractivity contribution < 1.29 is 13.2 Å². The van der Waals surface area contributed by atoms with Crippen molar-refractivity contribution in [3.05, 3.63) is 17.7 Å². The van der Waals surface area contributed by atoms with Gasteiger partial charge in [0.15, 0.2) is 0 Å². The summed E-state index contributed by atoms with van der Waals surface area (Å²) in [6.07, 6.45) is 6.78. The lowest BCUT2D eigenvalue weighted by Crippen LogP contribution is -2.28. The van der Waals surface area contributed by atoms with Crippen molar-refractivity contribution in [3.8, 4) is 18.1 Å². The summed E-state index contributed by atoms with van der Waals surface area (Å²) in [6.45, 7) is 0.518. The standard InChI is InChI=1S/C13H16N2O3S/c1-3-6-15(2)19(16,17)12-9-11(14)8-10-5-4-7-18-13(10)12/h1,8-9H,4-7,14H2,2H3. The molecule has 5 nitrogen and oxygen atoms in total. The summed E-state index contributed by atoms with van der Waals surface area (Å²) in [7, 11) is -2.24. The second-order valence-corrected chi connectivity index (χ2v) is 6.44. The van der Waals surface area contributed by atoms with E-state index in [-0.39, 0.29) is 11.4 Å². The Morgan fingerprint density at radius 3 is 2.95 bits per heavy atom. The zero-order chi connectivity index (χ0) is 14.0. The van der Waals surface area contributed by atoms with E-state index in [2.05, 4.69) is 5.92 Å². The summed E-state index contributed by atoms with van der Waals surface area (Å²) >= 11 is 0. The summed E-state index contributed by atoms with van der Waals surface area (Å²) in [4.78, 5) is 0.0972. The van der Waals surface area contributed by atoms with Crippen molar-refractivity contribution in [3.63, 3.8) is 0 Å². The molecule has 0 aliphatic carbocycles. The second kappa shape index (κ2) is 5.11. The molecule has 2 N–H and O–H groups in total. The molecule has 0 bridgehead atoms. The fraction of sp³-hybridized carbons (Fsp3) is 0.385. The van der Waals surface area contributed by atoms with Gasteiger partial charge in [-0.25, -0.2) is 8.42 Å². The predicted octanol–water partition coefficient (Wildman–Crippen LogP) is 0.848. The molecule has 102 valence electrons. The highest BCUT2D eigenvalue weighted by atomic mass is 32.2. The number of rotatable bonds is 3. The SMILES string of the molecule is C#CCN(C)S(=O)(=O)c1cc(N)cc2c1OCCC2. The number of anilines is 1. The molecule has 1 heterocycles. The third-order valence-corrected chi connectivity index (χ3v) is 4.80. The molecule has 1 aliphatic rings. The zero-order valence-corrected chi connectivity index (χ0v) is 11.5. The van der Waals surface area contributed by atoms with E-state index in [1.54, 1.807) is 6.07 Å². The number of nitrogens with two attached hydrogens (primary N) is 1. The molecule has 0 aromatic heterocycles. The number of hydrogen-bond donors (Lipinski definition) is 1. The average Bonchev–Trinajstić information content (AvgIpc) is 2.37. The maximum absolute atomic E-state index is 12.4. The number of benzene rings is 1. The fourth-order valence-corrected chi connectivity index (χ4v) is 3.33. The number of terminal acetylenes is 1. The van der Waals surface area contributed by atoms with E-state index >= 15 is 0 Å². The largest absolute Gasteiger partial charge is 0.492 e. The van der Waals surface area contributed by atoms with E-state index in [4.69, 9.17) is 16.9 Å². The molecule has 2 rings (SSSR count). The van der Waals surface area contributed by atoms with Crippen LogP contribution >= 0.6 is 0 Å². The van der Waals surface area contributed by atoms with Crippen LogP contribution in [0, 0.1) is 12.3 Å². The Morgan fingerprint density at radius 2 is 2.26 bits per heavy atom. The Morgan fingerprint density at radius 1 is 1.53 bits per heavy atom. The number of hydrogen-bond acceptors (Lipinski definition) is 4. The molecule has 1 aromatic rings. The van der Waals surface area contributed by atoms with Gasteiger partial charge in [0.05, 0.1) is 13.2 Å². The van der Waals surface area contributed by atoms with Gasteiger partial charge in [-0.2, -0.15) is 4.31 Å². The van der Waals surface area contributed by atoms with E-state index in [1.165, 1.54) is 13.1 Å². The minimum atomic E-state index is -3.68. The molecule has 1 aliphatic heterocycles. The van der Waals surface area contributed by atoms with E-state index < -0.39 is 10.0 Å². The molecule has 6 heteroatoms. The van der Waals surface area contributed by atoms with Crippen molar-refractivity contribution >= 4 is 15.7 Å². The minimum Gasteiger partial charge on any atom is -0.492 e. The average molecular weight is 280 g/mol. The molecular formula is C13H16N2O3S. The van der Waals surface area contributed by atoms with Crippen molar-refractivity contribution in [1.82, 2.24) is 4.31 Å². The third-order valence-electron chi connectivity index (χ3n) is 2.99. The molecular weight excluding hydrogens is 264 g/mol. The Labute approximate surface area is 113 Å². The van der Waals surface area contributed by atoms with Gasteiger partial charge in [0.2, 0.25) is 10.0 Å². The predicted molar refractivity (Wildman–Crippen MR) is 73.3 cm³/mol. The van der Waals surface area contributed by atoms with Crippen molar-refractivity contribution in [2.24, 2.45) is 0 Å².